The molecule has 0 bridgehead atoms. The summed E-state index contributed by atoms with van der Waals surface area (Å²) < 4.78 is 7.24. The Morgan fingerprint density at radius 3 is 2.75 bits per heavy atom. The molecule has 7 nitrogen and oxygen atoms in total. The summed E-state index contributed by atoms with van der Waals surface area (Å²) in [4.78, 5) is 14.5. The molecule has 0 saturated carbocycles. The van der Waals surface area contributed by atoms with E-state index in [1.54, 1.807) is 11.7 Å². The maximum Gasteiger partial charge on any atom is 0.227 e. The van der Waals surface area contributed by atoms with Crippen LogP contribution in [0.1, 0.15) is 37.6 Å². The number of likely N-dealkylation sites (tertiary alicyclic amines) is 1. The van der Waals surface area contributed by atoms with E-state index in [1.807, 2.05) is 29.2 Å². The van der Waals surface area contributed by atoms with Crippen LogP contribution >= 0.6 is 0 Å². The molecule has 1 aliphatic rings. The zero-order valence-corrected chi connectivity index (χ0v) is 14.2. The van der Waals surface area contributed by atoms with Crippen molar-refractivity contribution in [3.8, 4) is 5.75 Å². The van der Waals surface area contributed by atoms with Crippen molar-refractivity contribution < 1.29 is 9.53 Å². The van der Waals surface area contributed by atoms with Crippen molar-refractivity contribution in [1.82, 2.24) is 25.1 Å². The summed E-state index contributed by atoms with van der Waals surface area (Å²) in [6.45, 7) is 3.33. The van der Waals surface area contributed by atoms with Crippen molar-refractivity contribution >= 4 is 5.91 Å². The van der Waals surface area contributed by atoms with E-state index in [2.05, 4.69) is 22.4 Å². The quantitative estimate of drug-likeness (QED) is 0.835. The van der Waals surface area contributed by atoms with Crippen molar-refractivity contribution in [3.63, 3.8) is 0 Å². The molecule has 128 valence electrons. The van der Waals surface area contributed by atoms with E-state index in [-0.39, 0.29) is 5.91 Å². The molecule has 24 heavy (non-hydrogen) atoms. The third-order valence-electron chi connectivity index (χ3n) is 4.48. The fourth-order valence-electron chi connectivity index (χ4n) is 2.97. The second kappa shape index (κ2) is 7.42. The van der Waals surface area contributed by atoms with Crippen LogP contribution in [0.25, 0.3) is 0 Å². The van der Waals surface area contributed by atoms with Crippen LogP contribution in [0.5, 0.6) is 5.75 Å². The Morgan fingerprint density at radius 1 is 1.29 bits per heavy atom. The molecule has 1 fully saturated rings. The number of piperidine rings is 1. The summed E-state index contributed by atoms with van der Waals surface area (Å²) in [5, 5.41) is 11.2. The van der Waals surface area contributed by atoms with Crippen LogP contribution in [0.2, 0.25) is 0 Å². The number of benzene rings is 1. The Morgan fingerprint density at radius 2 is 2.08 bits per heavy atom. The Labute approximate surface area is 141 Å². The van der Waals surface area contributed by atoms with Gasteiger partial charge in [-0.3, -0.25) is 4.79 Å². The summed E-state index contributed by atoms with van der Waals surface area (Å²) in [7, 11) is 1.77. The van der Waals surface area contributed by atoms with Crippen molar-refractivity contribution in [2.75, 3.05) is 6.54 Å². The van der Waals surface area contributed by atoms with Crippen LogP contribution in [-0.4, -0.2) is 43.6 Å². The largest absolute Gasteiger partial charge is 0.486 e. The number of nitrogens with zero attached hydrogens (tertiary/aromatic N) is 5. The van der Waals surface area contributed by atoms with E-state index in [9.17, 15) is 4.79 Å². The summed E-state index contributed by atoms with van der Waals surface area (Å²) in [5.41, 5.74) is 1.01. The molecule has 1 atom stereocenters. The van der Waals surface area contributed by atoms with Crippen LogP contribution in [0, 0.1) is 0 Å². The van der Waals surface area contributed by atoms with Gasteiger partial charge in [0.2, 0.25) is 5.91 Å². The van der Waals surface area contributed by atoms with Crippen molar-refractivity contribution in [2.24, 2.45) is 7.05 Å². The van der Waals surface area contributed by atoms with Crippen LogP contribution in [0.15, 0.2) is 24.3 Å². The molecule has 1 aromatic heterocycles. The molecule has 2 heterocycles. The number of amides is 1. The van der Waals surface area contributed by atoms with Gasteiger partial charge in [-0.1, -0.05) is 12.1 Å². The van der Waals surface area contributed by atoms with Gasteiger partial charge in [0.1, 0.15) is 12.4 Å². The van der Waals surface area contributed by atoms with Gasteiger partial charge in [-0.15, -0.1) is 5.10 Å². The molecule has 7 heteroatoms. The Hall–Kier alpha value is -2.44. The molecule has 0 aliphatic carbocycles. The summed E-state index contributed by atoms with van der Waals surface area (Å²) >= 11 is 0. The first-order chi connectivity index (χ1) is 11.6. The lowest BCUT2D eigenvalue weighted by Crippen LogP contribution is -2.42. The van der Waals surface area contributed by atoms with E-state index in [0.29, 0.717) is 24.9 Å². The van der Waals surface area contributed by atoms with Gasteiger partial charge in [0.05, 0.1) is 6.42 Å². The topological polar surface area (TPSA) is 73.1 Å². The van der Waals surface area contributed by atoms with Gasteiger partial charge in [0.15, 0.2) is 5.82 Å². The average molecular weight is 329 g/mol. The number of aryl methyl sites for hydroxylation is 1. The SMILES string of the molecule is CC1CCCCN1C(=O)Cc1ccc(OCc2nnnn2C)cc1. The first-order valence-corrected chi connectivity index (χ1v) is 8.36. The molecule has 0 N–H and O–H groups in total. The molecule has 1 saturated heterocycles. The fourth-order valence-corrected chi connectivity index (χ4v) is 2.97. The zero-order chi connectivity index (χ0) is 16.9. The molecule has 0 radical (unpaired) electrons. The number of rotatable bonds is 5. The maximum absolute atomic E-state index is 12.5. The predicted molar refractivity (Wildman–Crippen MR) is 88.3 cm³/mol. The van der Waals surface area contributed by atoms with E-state index >= 15 is 0 Å². The smallest absolute Gasteiger partial charge is 0.227 e. The molecule has 1 amide bonds. The zero-order valence-electron chi connectivity index (χ0n) is 14.2. The maximum atomic E-state index is 12.5. The lowest BCUT2D eigenvalue weighted by atomic mass is 10.0. The average Bonchev–Trinajstić information content (AvgIpc) is 2.99. The number of hydrogen-bond donors (Lipinski definition) is 0. The first kappa shape index (κ1) is 16.4. The highest BCUT2D eigenvalue weighted by Gasteiger charge is 2.22. The number of carbonyl (C=O) groups is 1. The second-order valence-corrected chi connectivity index (χ2v) is 6.26. The minimum Gasteiger partial charge on any atom is -0.486 e. The molecule has 2 aromatic rings. The Kier molecular flexibility index (Phi) is 5.08. The highest BCUT2D eigenvalue weighted by atomic mass is 16.5. The Balaban J connectivity index is 1.54. The highest BCUT2D eigenvalue weighted by Crippen LogP contribution is 2.19. The number of tetrazole rings is 1. The molecule has 1 aliphatic heterocycles. The minimum absolute atomic E-state index is 0.209. The van der Waals surface area contributed by atoms with Crippen molar-refractivity contribution in [3.05, 3.63) is 35.7 Å². The lowest BCUT2D eigenvalue weighted by Gasteiger charge is -2.33. The molecular formula is C17H23N5O2. The second-order valence-electron chi connectivity index (χ2n) is 6.26. The van der Waals surface area contributed by atoms with Crippen LogP contribution in [0.4, 0.5) is 0 Å². The molecule has 3 rings (SSSR count). The van der Waals surface area contributed by atoms with Gasteiger partial charge in [-0.2, -0.15) is 0 Å². The highest BCUT2D eigenvalue weighted by molar-refractivity contribution is 5.79. The van der Waals surface area contributed by atoms with E-state index in [1.165, 1.54) is 6.42 Å². The standard InChI is InChI=1S/C17H23N5O2/c1-13-5-3-4-10-22(13)17(23)11-14-6-8-15(9-7-14)24-12-16-18-19-20-21(16)2/h6-9,13H,3-5,10-12H2,1-2H3. The summed E-state index contributed by atoms with van der Waals surface area (Å²) in [6.07, 6.45) is 3.88. The number of carbonyl (C=O) groups excluding carboxylic acids is 1. The predicted octanol–water partition coefficient (Wildman–Crippen LogP) is 1.73. The van der Waals surface area contributed by atoms with Crippen LogP contribution in [0.3, 0.4) is 0 Å². The molecule has 1 unspecified atom stereocenters. The Bertz CT molecular complexity index is 683. The van der Waals surface area contributed by atoms with Crippen LogP contribution < -0.4 is 4.74 Å². The number of ether oxygens (including phenoxy) is 1. The van der Waals surface area contributed by atoms with Crippen LogP contribution in [-0.2, 0) is 24.9 Å². The van der Waals surface area contributed by atoms with Gasteiger partial charge in [-0.25, -0.2) is 4.68 Å². The van der Waals surface area contributed by atoms with Gasteiger partial charge in [0, 0.05) is 19.6 Å². The van der Waals surface area contributed by atoms with Gasteiger partial charge >= 0.3 is 0 Å². The fraction of sp³-hybridized carbons (Fsp3) is 0.529. The van der Waals surface area contributed by atoms with Crippen molar-refractivity contribution in [2.45, 2.75) is 45.3 Å². The minimum atomic E-state index is 0.209. The van der Waals surface area contributed by atoms with Gasteiger partial charge < -0.3 is 9.64 Å². The summed E-state index contributed by atoms with van der Waals surface area (Å²) in [6, 6.07) is 8.00. The van der Waals surface area contributed by atoms with Gasteiger partial charge in [0.25, 0.3) is 0 Å². The molecule has 0 spiro atoms. The molecule has 1 aromatic carbocycles. The molecular weight excluding hydrogens is 306 g/mol. The normalized spacial score (nSPS) is 17.8. The first-order valence-electron chi connectivity index (χ1n) is 8.36. The summed E-state index contributed by atoms with van der Waals surface area (Å²) in [5.74, 6) is 1.61. The lowest BCUT2D eigenvalue weighted by molar-refractivity contribution is -0.133. The monoisotopic (exact) mass is 329 g/mol. The van der Waals surface area contributed by atoms with Gasteiger partial charge in [-0.05, 0) is 54.3 Å². The van der Waals surface area contributed by atoms with E-state index < -0.39 is 0 Å². The van der Waals surface area contributed by atoms with E-state index in [4.69, 9.17) is 4.74 Å². The number of aromatic nitrogens is 4. The van der Waals surface area contributed by atoms with Crippen molar-refractivity contribution in [1.29, 1.82) is 0 Å². The third-order valence-corrected chi connectivity index (χ3v) is 4.48. The third kappa shape index (κ3) is 3.90. The van der Waals surface area contributed by atoms with E-state index in [0.717, 1.165) is 30.7 Å². The number of hydrogen-bond acceptors (Lipinski definition) is 5.